The van der Waals surface area contributed by atoms with Gasteiger partial charge in [0.25, 0.3) is 5.91 Å². The molecular weight excluding hydrogens is 426 g/mol. The van der Waals surface area contributed by atoms with E-state index in [-0.39, 0.29) is 11.4 Å². The third-order valence-corrected chi connectivity index (χ3v) is 6.38. The Balaban J connectivity index is 2.03. The van der Waals surface area contributed by atoms with Gasteiger partial charge in [0.15, 0.2) is 5.76 Å². The Morgan fingerprint density at radius 3 is 2.69 bits per heavy atom. The van der Waals surface area contributed by atoms with Crippen molar-refractivity contribution >= 4 is 23.0 Å². The lowest BCUT2D eigenvalue weighted by Crippen LogP contribution is -2.33. The van der Waals surface area contributed by atoms with E-state index in [0.717, 1.165) is 23.5 Å². The predicted molar refractivity (Wildman–Crippen MR) is 125 cm³/mol. The van der Waals surface area contributed by atoms with Crippen molar-refractivity contribution in [3.63, 3.8) is 0 Å². The highest BCUT2D eigenvalue weighted by molar-refractivity contribution is 7.14. The fraction of sp³-hybridized carbons (Fsp3) is 0.458. The lowest BCUT2D eigenvalue weighted by atomic mass is 9.95. The van der Waals surface area contributed by atoms with Gasteiger partial charge in [-0.2, -0.15) is 0 Å². The summed E-state index contributed by atoms with van der Waals surface area (Å²) in [5.41, 5.74) is 1.46. The maximum absolute atomic E-state index is 13.5. The van der Waals surface area contributed by atoms with Crippen LogP contribution in [0.2, 0.25) is 0 Å². The van der Waals surface area contributed by atoms with E-state index in [0.29, 0.717) is 35.9 Å². The standard InChI is InChI=1S/C24H31N3O4S/c1-6-13-31-18-10-7-9-17(14-18)20-19(21(28)23-15(2)25-16(3)32-23)22(29)24(30)27(20)12-8-11-26(4)5/h7,9-10,14,20,29H,6,8,11-13H2,1-5H3/t20-/m1/s1. The number of aromatic nitrogens is 1. The van der Waals surface area contributed by atoms with Crippen molar-refractivity contribution in [1.82, 2.24) is 14.8 Å². The van der Waals surface area contributed by atoms with Crippen molar-refractivity contribution in [2.45, 2.75) is 39.7 Å². The molecule has 1 aromatic heterocycles. The van der Waals surface area contributed by atoms with Crippen molar-refractivity contribution in [3.05, 3.63) is 56.7 Å². The zero-order valence-corrected chi connectivity index (χ0v) is 20.2. The first-order valence-corrected chi connectivity index (χ1v) is 11.7. The summed E-state index contributed by atoms with van der Waals surface area (Å²) in [4.78, 5) is 35.0. The highest BCUT2D eigenvalue weighted by Crippen LogP contribution is 2.41. The minimum Gasteiger partial charge on any atom is -0.503 e. The van der Waals surface area contributed by atoms with E-state index in [4.69, 9.17) is 4.74 Å². The van der Waals surface area contributed by atoms with Crippen LogP contribution in [0.3, 0.4) is 0 Å². The van der Waals surface area contributed by atoms with Gasteiger partial charge in [-0.15, -0.1) is 11.3 Å². The number of hydrogen-bond acceptors (Lipinski definition) is 7. The molecule has 32 heavy (non-hydrogen) atoms. The average molecular weight is 458 g/mol. The van der Waals surface area contributed by atoms with Crippen molar-refractivity contribution < 1.29 is 19.4 Å². The highest BCUT2D eigenvalue weighted by Gasteiger charge is 2.44. The van der Waals surface area contributed by atoms with Crippen LogP contribution in [0.5, 0.6) is 5.75 Å². The number of amides is 1. The number of Topliss-reactive ketones (excluding diaryl/α,β-unsaturated/α-hetero) is 1. The molecule has 0 saturated heterocycles. The number of nitrogens with zero attached hydrogens (tertiary/aromatic N) is 3. The third-order valence-electron chi connectivity index (χ3n) is 5.31. The van der Waals surface area contributed by atoms with E-state index in [1.807, 2.05) is 57.1 Å². The maximum Gasteiger partial charge on any atom is 0.290 e. The number of rotatable bonds is 10. The monoisotopic (exact) mass is 457 g/mol. The Hall–Kier alpha value is -2.71. The van der Waals surface area contributed by atoms with Gasteiger partial charge in [0, 0.05) is 6.54 Å². The summed E-state index contributed by atoms with van der Waals surface area (Å²) in [6.07, 6.45) is 1.59. The minimum absolute atomic E-state index is 0.110. The first-order valence-electron chi connectivity index (χ1n) is 10.8. The smallest absolute Gasteiger partial charge is 0.290 e. The molecule has 1 N–H and O–H groups in total. The number of ketones is 1. The molecule has 2 heterocycles. The van der Waals surface area contributed by atoms with Gasteiger partial charge in [-0.05, 0) is 65.0 Å². The van der Waals surface area contributed by atoms with Crippen molar-refractivity contribution in [2.75, 3.05) is 33.8 Å². The van der Waals surface area contributed by atoms with Crippen LogP contribution in [-0.2, 0) is 4.79 Å². The molecule has 1 atom stereocenters. The summed E-state index contributed by atoms with van der Waals surface area (Å²) in [7, 11) is 3.94. The molecule has 1 aliphatic rings. The van der Waals surface area contributed by atoms with Gasteiger partial charge >= 0.3 is 0 Å². The number of aryl methyl sites for hydroxylation is 2. The van der Waals surface area contributed by atoms with Crippen molar-refractivity contribution in [2.24, 2.45) is 0 Å². The molecule has 0 spiro atoms. The number of ether oxygens (including phenoxy) is 1. The van der Waals surface area contributed by atoms with E-state index in [2.05, 4.69) is 4.98 Å². The third kappa shape index (κ3) is 5.02. The van der Waals surface area contributed by atoms with E-state index in [1.165, 1.54) is 11.3 Å². The molecule has 0 bridgehead atoms. The average Bonchev–Trinajstić information content (AvgIpc) is 3.22. The van der Waals surface area contributed by atoms with Gasteiger partial charge in [0.05, 0.1) is 33.8 Å². The minimum atomic E-state index is -0.677. The number of benzene rings is 1. The molecule has 0 saturated carbocycles. The number of aliphatic hydroxyl groups excluding tert-OH is 1. The summed E-state index contributed by atoms with van der Waals surface area (Å²) in [5.74, 6) is -0.668. The molecule has 172 valence electrons. The summed E-state index contributed by atoms with van der Waals surface area (Å²) < 4.78 is 5.78. The molecule has 2 aromatic rings. The van der Waals surface area contributed by atoms with Crippen LogP contribution in [-0.4, -0.2) is 65.4 Å². The van der Waals surface area contributed by atoms with Gasteiger partial charge < -0.3 is 19.6 Å². The molecule has 7 nitrogen and oxygen atoms in total. The summed E-state index contributed by atoms with van der Waals surface area (Å²) in [6.45, 7) is 7.42. The molecule has 1 aromatic carbocycles. The van der Waals surface area contributed by atoms with E-state index >= 15 is 0 Å². The molecule has 0 radical (unpaired) electrons. The van der Waals surface area contributed by atoms with Gasteiger partial charge in [-0.1, -0.05) is 19.1 Å². The SMILES string of the molecule is CCCOc1cccc([C@@H]2C(C(=O)c3sc(C)nc3C)=C(O)C(=O)N2CCCN(C)C)c1. The molecule has 3 rings (SSSR count). The Kier molecular flexibility index (Phi) is 7.69. The predicted octanol–water partition coefficient (Wildman–Crippen LogP) is 4.08. The molecular formula is C24H31N3O4S. The van der Waals surface area contributed by atoms with Crippen LogP contribution in [0.25, 0.3) is 0 Å². The van der Waals surface area contributed by atoms with Gasteiger partial charge in [0.2, 0.25) is 5.78 Å². The first kappa shape index (κ1) is 23.9. The molecule has 8 heteroatoms. The molecule has 0 fully saturated rings. The Labute approximate surface area is 193 Å². The fourth-order valence-electron chi connectivity index (χ4n) is 3.88. The Bertz CT molecular complexity index is 1030. The molecule has 0 unspecified atom stereocenters. The lowest BCUT2D eigenvalue weighted by molar-refractivity contribution is -0.129. The second-order valence-corrected chi connectivity index (χ2v) is 9.42. The first-order chi connectivity index (χ1) is 15.2. The summed E-state index contributed by atoms with van der Waals surface area (Å²) >= 11 is 1.28. The Morgan fingerprint density at radius 2 is 2.06 bits per heavy atom. The van der Waals surface area contributed by atoms with Crippen LogP contribution in [0.1, 0.15) is 51.7 Å². The zero-order chi connectivity index (χ0) is 23.4. The largest absolute Gasteiger partial charge is 0.503 e. The van der Waals surface area contributed by atoms with Crippen LogP contribution in [0.15, 0.2) is 35.6 Å². The number of aliphatic hydroxyl groups is 1. The fourth-order valence-corrected chi connectivity index (χ4v) is 4.75. The van der Waals surface area contributed by atoms with Crippen LogP contribution in [0.4, 0.5) is 0 Å². The summed E-state index contributed by atoms with van der Waals surface area (Å²) in [6, 6.07) is 6.75. The normalized spacial score (nSPS) is 16.4. The second kappa shape index (κ2) is 10.3. The van der Waals surface area contributed by atoms with Crippen molar-refractivity contribution in [3.8, 4) is 5.75 Å². The topological polar surface area (TPSA) is 83.0 Å². The molecule has 1 aliphatic heterocycles. The quantitative estimate of drug-likeness (QED) is 0.542. The number of carbonyl (C=O) groups is 2. The zero-order valence-electron chi connectivity index (χ0n) is 19.3. The van der Waals surface area contributed by atoms with Crippen LogP contribution in [0, 0.1) is 13.8 Å². The van der Waals surface area contributed by atoms with Crippen molar-refractivity contribution in [1.29, 1.82) is 0 Å². The Morgan fingerprint density at radius 1 is 1.31 bits per heavy atom. The summed E-state index contributed by atoms with van der Waals surface area (Å²) in [5, 5.41) is 11.6. The van der Waals surface area contributed by atoms with E-state index in [9.17, 15) is 14.7 Å². The van der Waals surface area contributed by atoms with Crippen LogP contribution >= 0.6 is 11.3 Å². The number of thiazole rings is 1. The van der Waals surface area contributed by atoms with Gasteiger partial charge in [-0.25, -0.2) is 4.98 Å². The van der Waals surface area contributed by atoms with E-state index < -0.39 is 17.7 Å². The number of hydrogen-bond donors (Lipinski definition) is 1. The van der Waals surface area contributed by atoms with Gasteiger partial charge in [0.1, 0.15) is 5.75 Å². The van der Waals surface area contributed by atoms with Crippen LogP contribution < -0.4 is 4.74 Å². The highest BCUT2D eigenvalue weighted by atomic mass is 32.1. The second-order valence-electron chi connectivity index (χ2n) is 8.22. The van der Waals surface area contributed by atoms with Gasteiger partial charge in [-0.3, -0.25) is 9.59 Å². The van der Waals surface area contributed by atoms with E-state index in [1.54, 1.807) is 11.8 Å². The molecule has 1 amide bonds. The lowest BCUT2D eigenvalue weighted by Gasteiger charge is -2.27. The maximum atomic E-state index is 13.5. The molecule has 0 aliphatic carbocycles. The number of carbonyl (C=O) groups excluding carboxylic acids is 2.